The summed E-state index contributed by atoms with van der Waals surface area (Å²) in [7, 11) is 0. The van der Waals surface area contributed by atoms with Crippen LogP contribution in [0.3, 0.4) is 0 Å². The number of aromatic amines is 1. The van der Waals surface area contributed by atoms with Crippen molar-refractivity contribution in [2.45, 2.75) is 38.6 Å². The third-order valence-corrected chi connectivity index (χ3v) is 5.73. The molecule has 1 unspecified atom stereocenters. The monoisotopic (exact) mass is 391 g/mol. The smallest absolute Gasteiger partial charge is 0.230 e. The molecule has 1 N–H and O–H groups in total. The number of nitrogens with zero attached hydrogens (tertiary/aromatic N) is 2. The Kier molecular flexibility index (Phi) is 4.34. The van der Waals surface area contributed by atoms with E-state index >= 15 is 4.39 Å². The van der Waals surface area contributed by atoms with Gasteiger partial charge in [-0.3, -0.25) is 9.89 Å². The van der Waals surface area contributed by atoms with Crippen LogP contribution in [0.4, 0.5) is 10.1 Å². The van der Waals surface area contributed by atoms with E-state index in [1.807, 2.05) is 37.3 Å². The third kappa shape index (κ3) is 3.18. The maximum Gasteiger partial charge on any atom is 0.230 e. The summed E-state index contributed by atoms with van der Waals surface area (Å²) in [6.45, 7) is 1.99. The molecule has 2 aliphatic rings. The van der Waals surface area contributed by atoms with E-state index < -0.39 is 5.82 Å². The second kappa shape index (κ2) is 7.03. The van der Waals surface area contributed by atoms with Crippen LogP contribution in [0.2, 0.25) is 0 Å². The van der Waals surface area contributed by atoms with E-state index in [1.165, 1.54) is 6.07 Å². The van der Waals surface area contributed by atoms with E-state index in [1.54, 1.807) is 17.3 Å². The van der Waals surface area contributed by atoms with Gasteiger partial charge in [-0.15, -0.1) is 0 Å². The van der Waals surface area contributed by atoms with Gasteiger partial charge in [0.25, 0.3) is 0 Å². The van der Waals surface area contributed by atoms with E-state index in [2.05, 4.69) is 10.2 Å². The predicted molar refractivity (Wildman–Crippen MR) is 108 cm³/mol. The zero-order valence-electron chi connectivity index (χ0n) is 16.2. The number of H-pyrrole nitrogens is 1. The SMILES string of the molecule is CC1CCc2c(Oc3ccccc3)c(-c3cn[nH]c3)cc(F)c2N1C(=O)C1CC1. The number of carbonyl (C=O) groups is 1. The molecule has 1 saturated carbocycles. The van der Waals surface area contributed by atoms with E-state index in [0.29, 0.717) is 29.2 Å². The molecule has 148 valence electrons. The molecule has 1 aliphatic heterocycles. The van der Waals surface area contributed by atoms with E-state index in [9.17, 15) is 4.79 Å². The molecule has 6 heteroatoms. The van der Waals surface area contributed by atoms with Crippen molar-refractivity contribution >= 4 is 11.6 Å². The van der Waals surface area contributed by atoms with Crippen LogP contribution in [0, 0.1) is 11.7 Å². The van der Waals surface area contributed by atoms with Gasteiger partial charge in [0.15, 0.2) is 0 Å². The minimum absolute atomic E-state index is 0.0230. The number of hydrogen-bond acceptors (Lipinski definition) is 3. The Hall–Kier alpha value is -3.15. The van der Waals surface area contributed by atoms with E-state index in [0.717, 1.165) is 30.4 Å². The van der Waals surface area contributed by atoms with Crippen LogP contribution in [-0.2, 0) is 11.2 Å². The quantitative estimate of drug-likeness (QED) is 0.674. The molecule has 1 fully saturated rings. The van der Waals surface area contributed by atoms with Gasteiger partial charge in [-0.25, -0.2) is 4.39 Å². The molecule has 0 saturated heterocycles. The van der Waals surface area contributed by atoms with Gasteiger partial charge in [0.05, 0.1) is 11.9 Å². The lowest BCUT2D eigenvalue weighted by molar-refractivity contribution is -0.120. The van der Waals surface area contributed by atoms with E-state index in [4.69, 9.17) is 4.74 Å². The topological polar surface area (TPSA) is 58.2 Å². The summed E-state index contributed by atoms with van der Waals surface area (Å²) < 4.78 is 21.7. The van der Waals surface area contributed by atoms with Crippen molar-refractivity contribution in [2.24, 2.45) is 5.92 Å². The zero-order valence-corrected chi connectivity index (χ0v) is 16.2. The van der Waals surface area contributed by atoms with Gasteiger partial charge in [-0.05, 0) is 50.8 Å². The van der Waals surface area contributed by atoms with Crippen LogP contribution < -0.4 is 9.64 Å². The van der Waals surface area contributed by atoms with Crippen LogP contribution >= 0.6 is 0 Å². The minimum atomic E-state index is -0.392. The van der Waals surface area contributed by atoms with Gasteiger partial charge in [-0.2, -0.15) is 5.10 Å². The van der Waals surface area contributed by atoms with Crippen molar-refractivity contribution in [3.8, 4) is 22.6 Å². The Morgan fingerprint density at radius 1 is 1.24 bits per heavy atom. The molecule has 1 aliphatic carbocycles. The Morgan fingerprint density at radius 2 is 2.03 bits per heavy atom. The number of anilines is 1. The minimum Gasteiger partial charge on any atom is -0.456 e. The molecular formula is C23H22FN3O2. The Morgan fingerprint density at radius 3 is 2.72 bits per heavy atom. The number of nitrogens with one attached hydrogen (secondary N) is 1. The van der Waals surface area contributed by atoms with Gasteiger partial charge in [-0.1, -0.05) is 18.2 Å². The zero-order chi connectivity index (χ0) is 20.0. The summed E-state index contributed by atoms with van der Waals surface area (Å²) >= 11 is 0. The average molecular weight is 391 g/mol. The lowest BCUT2D eigenvalue weighted by Gasteiger charge is -2.37. The summed E-state index contributed by atoms with van der Waals surface area (Å²) in [5, 5.41) is 6.79. The fourth-order valence-electron chi connectivity index (χ4n) is 4.06. The first-order valence-electron chi connectivity index (χ1n) is 10.0. The van der Waals surface area contributed by atoms with Crippen LogP contribution in [0.15, 0.2) is 48.8 Å². The fourth-order valence-corrected chi connectivity index (χ4v) is 4.06. The summed E-state index contributed by atoms with van der Waals surface area (Å²) in [5.74, 6) is 0.922. The number of hydrogen-bond donors (Lipinski definition) is 1. The molecule has 0 bridgehead atoms. The van der Waals surface area contributed by atoms with Crippen molar-refractivity contribution in [1.29, 1.82) is 0 Å². The maximum absolute atomic E-state index is 15.4. The van der Waals surface area contributed by atoms with Crippen molar-refractivity contribution in [1.82, 2.24) is 10.2 Å². The molecule has 0 radical (unpaired) electrons. The number of halogens is 1. The molecule has 1 amide bonds. The summed E-state index contributed by atoms with van der Waals surface area (Å²) in [4.78, 5) is 14.6. The lowest BCUT2D eigenvalue weighted by atomic mass is 9.91. The number of rotatable bonds is 4. The average Bonchev–Trinajstić information content (AvgIpc) is 3.44. The Labute approximate surface area is 168 Å². The van der Waals surface area contributed by atoms with Gasteiger partial charge >= 0.3 is 0 Å². The van der Waals surface area contributed by atoms with Crippen LogP contribution in [0.1, 0.15) is 31.7 Å². The predicted octanol–water partition coefficient (Wildman–Crippen LogP) is 5.09. The normalized spacial score (nSPS) is 18.4. The van der Waals surface area contributed by atoms with E-state index in [-0.39, 0.29) is 17.9 Å². The second-order valence-corrected chi connectivity index (χ2v) is 7.83. The van der Waals surface area contributed by atoms with Gasteiger partial charge in [0, 0.05) is 34.8 Å². The van der Waals surface area contributed by atoms with Crippen LogP contribution in [0.25, 0.3) is 11.1 Å². The molecule has 3 aromatic rings. The van der Waals surface area contributed by atoms with Crippen LogP contribution in [-0.4, -0.2) is 22.1 Å². The second-order valence-electron chi connectivity index (χ2n) is 7.83. The van der Waals surface area contributed by atoms with Crippen molar-refractivity contribution in [3.63, 3.8) is 0 Å². The summed E-state index contributed by atoms with van der Waals surface area (Å²) in [6.07, 6.45) is 6.56. The van der Waals surface area contributed by atoms with Crippen LogP contribution in [0.5, 0.6) is 11.5 Å². The summed E-state index contributed by atoms with van der Waals surface area (Å²) in [5.41, 5.74) is 2.50. The fraction of sp³-hybridized carbons (Fsp3) is 0.304. The highest BCUT2D eigenvalue weighted by molar-refractivity contribution is 5.99. The largest absolute Gasteiger partial charge is 0.456 e. The Bertz CT molecular complexity index is 1050. The Balaban J connectivity index is 1.69. The highest BCUT2D eigenvalue weighted by Crippen LogP contribution is 2.47. The molecule has 29 heavy (non-hydrogen) atoms. The number of fused-ring (bicyclic) bond motifs is 1. The van der Waals surface area contributed by atoms with Gasteiger partial charge in [0.2, 0.25) is 5.91 Å². The maximum atomic E-state index is 15.4. The molecule has 0 spiro atoms. The lowest BCUT2D eigenvalue weighted by Crippen LogP contribution is -2.43. The molecule has 2 aromatic carbocycles. The highest BCUT2D eigenvalue weighted by atomic mass is 19.1. The number of ether oxygens (including phenoxy) is 1. The van der Waals surface area contributed by atoms with Crippen molar-refractivity contribution in [3.05, 3.63) is 60.2 Å². The van der Waals surface area contributed by atoms with Gasteiger partial charge in [0.1, 0.15) is 17.3 Å². The third-order valence-electron chi connectivity index (χ3n) is 5.73. The number of carbonyl (C=O) groups excluding carboxylic acids is 1. The highest BCUT2D eigenvalue weighted by Gasteiger charge is 2.40. The molecule has 1 aromatic heterocycles. The standard InChI is InChI=1S/C23H22FN3O2/c1-14-7-10-18-21(27(14)23(28)15-8-9-15)20(24)11-19(16-12-25-26-13-16)22(18)29-17-5-3-2-4-6-17/h2-6,11-15H,7-10H2,1H3,(H,25,26). The first kappa shape index (κ1) is 17.9. The first-order valence-corrected chi connectivity index (χ1v) is 10.0. The molecule has 5 rings (SSSR count). The number of amides is 1. The molecule has 2 heterocycles. The summed E-state index contributed by atoms with van der Waals surface area (Å²) in [6, 6.07) is 10.9. The number of para-hydroxylation sites is 1. The number of aromatic nitrogens is 2. The molecule has 1 atom stereocenters. The van der Waals surface area contributed by atoms with Gasteiger partial charge < -0.3 is 9.64 Å². The number of benzene rings is 2. The molecular weight excluding hydrogens is 369 g/mol. The molecule has 5 nitrogen and oxygen atoms in total. The first-order chi connectivity index (χ1) is 14.1. The van der Waals surface area contributed by atoms with Crippen molar-refractivity contribution < 1.29 is 13.9 Å². The van der Waals surface area contributed by atoms with Crippen molar-refractivity contribution in [2.75, 3.05) is 4.90 Å².